The number of anilines is 1. The average molecular weight is 338 g/mol. The zero-order valence-corrected chi connectivity index (χ0v) is 14.1. The van der Waals surface area contributed by atoms with Crippen molar-refractivity contribution < 1.29 is 9.53 Å². The van der Waals surface area contributed by atoms with E-state index in [4.69, 9.17) is 27.9 Å². The van der Waals surface area contributed by atoms with E-state index in [1.807, 2.05) is 32.0 Å². The molecule has 0 saturated heterocycles. The van der Waals surface area contributed by atoms with E-state index >= 15 is 0 Å². The topological polar surface area (TPSA) is 38.3 Å². The number of rotatable bonds is 4. The molecule has 22 heavy (non-hydrogen) atoms. The summed E-state index contributed by atoms with van der Waals surface area (Å²) in [6.07, 6.45) is -0.657. The molecule has 0 aliphatic rings. The summed E-state index contributed by atoms with van der Waals surface area (Å²) in [5, 5.41) is 3.43. The highest BCUT2D eigenvalue weighted by atomic mass is 35.5. The third-order valence-corrected chi connectivity index (χ3v) is 4.26. The number of aryl methyl sites for hydroxylation is 1. The van der Waals surface area contributed by atoms with Crippen LogP contribution in [-0.4, -0.2) is 12.0 Å². The molecule has 0 radical (unpaired) electrons. The Balaban J connectivity index is 2.09. The van der Waals surface area contributed by atoms with Crippen molar-refractivity contribution >= 4 is 34.8 Å². The monoisotopic (exact) mass is 337 g/mol. The average Bonchev–Trinajstić information content (AvgIpc) is 2.48. The van der Waals surface area contributed by atoms with Gasteiger partial charge in [-0.15, -0.1) is 0 Å². The maximum absolute atomic E-state index is 12.2. The highest BCUT2D eigenvalue weighted by Crippen LogP contribution is 2.30. The lowest BCUT2D eigenvalue weighted by Crippen LogP contribution is -2.30. The Bertz CT molecular complexity index is 701. The van der Waals surface area contributed by atoms with Crippen molar-refractivity contribution in [2.75, 3.05) is 5.32 Å². The second kappa shape index (κ2) is 7.03. The van der Waals surface area contributed by atoms with E-state index in [2.05, 4.69) is 5.32 Å². The number of halogens is 2. The molecule has 0 bridgehead atoms. The predicted molar refractivity (Wildman–Crippen MR) is 91.1 cm³/mol. The van der Waals surface area contributed by atoms with Crippen molar-refractivity contribution in [1.29, 1.82) is 0 Å². The largest absolute Gasteiger partial charge is 0.481 e. The number of benzene rings is 2. The molecule has 2 aromatic rings. The maximum Gasteiger partial charge on any atom is 0.265 e. The molecule has 0 spiro atoms. The molecule has 2 aromatic carbocycles. The van der Waals surface area contributed by atoms with Gasteiger partial charge in [-0.2, -0.15) is 0 Å². The Kier molecular flexibility index (Phi) is 5.33. The summed E-state index contributed by atoms with van der Waals surface area (Å²) in [4.78, 5) is 12.2. The fourth-order valence-electron chi connectivity index (χ4n) is 1.93. The Hall–Kier alpha value is -1.71. The predicted octanol–water partition coefficient (Wildman–Crippen LogP) is 5.02. The zero-order valence-electron chi connectivity index (χ0n) is 12.6. The first-order valence-corrected chi connectivity index (χ1v) is 7.63. The molecule has 0 aromatic heterocycles. The van der Waals surface area contributed by atoms with Crippen LogP contribution >= 0.6 is 23.2 Å². The van der Waals surface area contributed by atoms with Gasteiger partial charge in [0.1, 0.15) is 5.75 Å². The van der Waals surface area contributed by atoms with Crippen molar-refractivity contribution in [3.63, 3.8) is 0 Å². The van der Waals surface area contributed by atoms with Crippen LogP contribution in [0.3, 0.4) is 0 Å². The second-order valence-electron chi connectivity index (χ2n) is 5.05. The fraction of sp³-hybridized carbons (Fsp3) is 0.235. The normalized spacial score (nSPS) is 11.9. The first kappa shape index (κ1) is 16.7. The second-order valence-corrected chi connectivity index (χ2v) is 5.83. The van der Waals surface area contributed by atoms with E-state index in [0.29, 0.717) is 21.5 Å². The number of carbonyl (C=O) groups is 1. The highest BCUT2D eigenvalue weighted by molar-refractivity contribution is 6.44. The van der Waals surface area contributed by atoms with Crippen LogP contribution in [0.5, 0.6) is 5.75 Å². The summed E-state index contributed by atoms with van der Waals surface area (Å²) in [5.74, 6) is 0.407. The lowest BCUT2D eigenvalue weighted by atomic mass is 10.1. The lowest BCUT2D eigenvalue weighted by Gasteiger charge is -2.17. The van der Waals surface area contributed by atoms with Crippen LogP contribution < -0.4 is 10.1 Å². The SMILES string of the molecule is Cc1cccc(O[C@H](C)C(=O)Nc2cccc(Cl)c2Cl)c1C. The summed E-state index contributed by atoms with van der Waals surface area (Å²) in [7, 11) is 0. The number of hydrogen-bond donors (Lipinski definition) is 1. The van der Waals surface area contributed by atoms with Crippen LogP contribution in [0.4, 0.5) is 5.69 Å². The molecule has 3 nitrogen and oxygen atoms in total. The van der Waals surface area contributed by atoms with Crippen molar-refractivity contribution in [3.8, 4) is 5.75 Å². The Labute approximate surface area is 140 Å². The molecule has 5 heteroatoms. The van der Waals surface area contributed by atoms with E-state index in [9.17, 15) is 4.79 Å². The lowest BCUT2D eigenvalue weighted by molar-refractivity contribution is -0.122. The number of ether oxygens (including phenoxy) is 1. The maximum atomic E-state index is 12.2. The van der Waals surface area contributed by atoms with Crippen LogP contribution in [0, 0.1) is 13.8 Å². The van der Waals surface area contributed by atoms with Gasteiger partial charge in [0, 0.05) is 0 Å². The van der Waals surface area contributed by atoms with Gasteiger partial charge >= 0.3 is 0 Å². The van der Waals surface area contributed by atoms with Gasteiger partial charge in [-0.1, -0.05) is 41.4 Å². The van der Waals surface area contributed by atoms with Crippen molar-refractivity contribution in [3.05, 3.63) is 57.6 Å². The summed E-state index contributed by atoms with van der Waals surface area (Å²) in [5.41, 5.74) is 2.60. The molecule has 0 unspecified atom stereocenters. The number of hydrogen-bond acceptors (Lipinski definition) is 2. The van der Waals surface area contributed by atoms with Gasteiger partial charge in [-0.25, -0.2) is 0 Å². The van der Waals surface area contributed by atoms with E-state index in [0.717, 1.165) is 11.1 Å². The molecule has 1 N–H and O–H groups in total. The quantitative estimate of drug-likeness (QED) is 0.850. The smallest absolute Gasteiger partial charge is 0.265 e. The third-order valence-electron chi connectivity index (χ3n) is 3.44. The highest BCUT2D eigenvalue weighted by Gasteiger charge is 2.17. The minimum absolute atomic E-state index is 0.287. The van der Waals surface area contributed by atoms with Crippen molar-refractivity contribution in [2.45, 2.75) is 26.9 Å². The number of carbonyl (C=O) groups excluding carboxylic acids is 1. The molecular weight excluding hydrogens is 321 g/mol. The first-order valence-electron chi connectivity index (χ1n) is 6.88. The summed E-state index contributed by atoms with van der Waals surface area (Å²) in [6, 6.07) is 10.8. The fourth-order valence-corrected chi connectivity index (χ4v) is 2.28. The van der Waals surface area contributed by atoms with Crippen LogP contribution in [-0.2, 0) is 4.79 Å². The van der Waals surface area contributed by atoms with Gasteiger partial charge in [0.25, 0.3) is 5.91 Å². The van der Waals surface area contributed by atoms with Crippen LogP contribution in [0.25, 0.3) is 0 Å². The van der Waals surface area contributed by atoms with Crippen molar-refractivity contribution in [2.24, 2.45) is 0 Å². The van der Waals surface area contributed by atoms with Gasteiger partial charge in [-0.05, 0) is 50.1 Å². The molecule has 1 amide bonds. The molecule has 1 atom stereocenters. The Morgan fingerprint density at radius 2 is 1.82 bits per heavy atom. The Morgan fingerprint density at radius 1 is 1.14 bits per heavy atom. The number of amides is 1. The Morgan fingerprint density at radius 3 is 2.55 bits per heavy atom. The standard InChI is InChI=1S/C17H17Cl2NO2/c1-10-6-4-9-15(11(10)2)22-12(3)17(21)20-14-8-5-7-13(18)16(14)19/h4-9,12H,1-3H3,(H,20,21)/t12-/m1/s1. The minimum Gasteiger partial charge on any atom is -0.481 e. The van der Waals surface area contributed by atoms with Crippen LogP contribution in [0.2, 0.25) is 10.0 Å². The van der Waals surface area contributed by atoms with Gasteiger partial charge < -0.3 is 10.1 Å². The molecule has 0 heterocycles. The molecule has 0 aliphatic carbocycles. The molecule has 116 valence electrons. The van der Waals surface area contributed by atoms with E-state index in [-0.39, 0.29) is 5.91 Å². The summed E-state index contributed by atoms with van der Waals surface area (Å²) >= 11 is 12.0. The third kappa shape index (κ3) is 3.73. The van der Waals surface area contributed by atoms with Crippen LogP contribution in [0.15, 0.2) is 36.4 Å². The summed E-state index contributed by atoms with van der Waals surface area (Å²) in [6.45, 7) is 5.65. The van der Waals surface area contributed by atoms with E-state index in [1.54, 1.807) is 25.1 Å². The van der Waals surface area contributed by atoms with E-state index in [1.165, 1.54) is 0 Å². The molecule has 0 aliphatic heterocycles. The van der Waals surface area contributed by atoms with Gasteiger partial charge in [-0.3, -0.25) is 4.79 Å². The van der Waals surface area contributed by atoms with Gasteiger partial charge in [0.05, 0.1) is 15.7 Å². The van der Waals surface area contributed by atoms with Crippen LogP contribution in [0.1, 0.15) is 18.1 Å². The molecule has 0 fully saturated rings. The first-order chi connectivity index (χ1) is 10.4. The molecule has 0 saturated carbocycles. The molecule has 2 rings (SSSR count). The van der Waals surface area contributed by atoms with Gasteiger partial charge in [0.2, 0.25) is 0 Å². The van der Waals surface area contributed by atoms with E-state index < -0.39 is 6.10 Å². The van der Waals surface area contributed by atoms with Crippen molar-refractivity contribution in [1.82, 2.24) is 0 Å². The van der Waals surface area contributed by atoms with Gasteiger partial charge in [0.15, 0.2) is 6.10 Å². The summed E-state index contributed by atoms with van der Waals surface area (Å²) < 4.78 is 5.74. The molecular formula is C17H17Cl2NO2. The number of nitrogens with one attached hydrogen (secondary N) is 1. The minimum atomic E-state index is -0.657. The zero-order chi connectivity index (χ0) is 16.3.